The van der Waals surface area contributed by atoms with Gasteiger partial charge in [-0.2, -0.15) is 0 Å². The summed E-state index contributed by atoms with van der Waals surface area (Å²) in [5, 5.41) is 8.72. The third-order valence-corrected chi connectivity index (χ3v) is 6.79. The van der Waals surface area contributed by atoms with Crippen LogP contribution >= 0.6 is 34.3 Å². The first kappa shape index (κ1) is 22.8. The number of nitrogens with zero attached hydrogens (tertiary/aromatic N) is 2. The SMILES string of the molecule is Cc1ccc(/C=C/C(=O)Nc2nc(-c3sc(NC(=O)c4ccccc4Cl)nc3C)cs2)cc1. The maximum Gasteiger partial charge on any atom is 0.258 e. The lowest BCUT2D eigenvalue weighted by atomic mass is 10.1. The average Bonchev–Trinajstić information content (AvgIpc) is 3.39. The number of carbonyl (C=O) groups is 2. The molecule has 33 heavy (non-hydrogen) atoms. The summed E-state index contributed by atoms with van der Waals surface area (Å²) in [4.78, 5) is 34.5. The van der Waals surface area contributed by atoms with Crippen LogP contribution in [0.3, 0.4) is 0 Å². The third kappa shape index (κ3) is 5.73. The van der Waals surface area contributed by atoms with Gasteiger partial charge in [-0.3, -0.25) is 20.2 Å². The first-order valence-corrected chi connectivity index (χ1v) is 12.0. The Kier molecular flexibility index (Phi) is 6.98. The molecule has 0 spiro atoms. The predicted octanol–water partition coefficient (Wildman–Crippen LogP) is 6.44. The van der Waals surface area contributed by atoms with Gasteiger partial charge in [0.2, 0.25) is 5.91 Å². The zero-order valence-electron chi connectivity index (χ0n) is 17.8. The number of carbonyl (C=O) groups excluding carboxylic acids is 2. The van der Waals surface area contributed by atoms with E-state index in [0.717, 1.165) is 21.7 Å². The molecule has 4 rings (SSSR count). The second-order valence-corrected chi connectivity index (χ2v) is 9.40. The van der Waals surface area contributed by atoms with E-state index in [-0.39, 0.29) is 11.8 Å². The van der Waals surface area contributed by atoms with E-state index in [2.05, 4.69) is 20.6 Å². The van der Waals surface area contributed by atoms with Crippen molar-refractivity contribution in [3.63, 3.8) is 0 Å². The molecular weight excluding hydrogens is 476 g/mol. The van der Waals surface area contributed by atoms with Crippen LogP contribution in [-0.2, 0) is 4.79 Å². The van der Waals surface area contributed by atoms with Crippen LogP contribution in [-0.4, -0.2) is 21.8 Å². The Hall–Kier alpha value is -3.33. The largest absolute Gasteiger partial charge is 0.298 e. The zero-order valence-corrected chi connectivity index (χ0v) is 20.1. The number of aryl methyl sites for hydroxylation is 2. The number of amides is 2. The van der Waals surface area contributed by atoms with Crippen molar-refractivity contribution in [2.45, 2.75) is 13.8 Å². The van der Waals surface area contributed by atoms with Crippen molar-refractivity contribution in [2.24, 2.45) is 0 Å². The fourth-order valence-electron chi connectivity index (χ4n) is 2.93. The minimum absolute atomic E-state index is 0.259. The molecule has 166 valence electrons. The topological polar surface area (TPSA) is 84.0 Å². The first-order chi connectivity index (χ1) is 15.9. The molecule has 4 aromatic rings. The predicted molar refractivity (Wildman–Crippen MR) is 136 cm³/mol. The third-order valence-electron chi connectivity index (χ3n) is 4.61. The van der Waals surface area contributed by atoms with Gasteiger partial charge in [-0.25, -0.2) is 9.97 Å². The lowest BCUT2D eigenvalue weighted by molar-refractivity contribution is -0.111. The summed E-state index contributed by atoms with van der Waals surface area (Å²) >= 11 is 8.74. The smallest absolute Gasteiger partial charge is 0.258 e. The summed E-state index contributed by atoms with van der Waals surface area (Å²) in [6.45, 7) is 3.86. The van der Waals surface area contributed by atoms with Crippen LogP contribution in [0.2, 0.25) is 5.02 Å². The van der Waals surface area contributed by atoms with Gasteiger partial charge in [-0.15, -0.1) is 11.3 Å². The Morgan fingerprint density at radius 2 is 1.73 bits per heavy atom. The molecule has 2 aromatic carbocycles. The van der Waals surface area contributed by atoms with Gasteiger partial charge in [-0.1, -0.05) is 64.9 Å². The first-order valence-electron chi connectivity index (χ1n) is 9.94. The van der Waals surface area contributed by atoms with Crippen molar-refractivity contribution in [3.05, 3.63) is 87.4 Å². The molecule has 0 saturated heterocycles. The molecular formula is C24H19ClN4O2S2. The molecule has 0 fully saturated rings. The molecule has 2 aromatic heterocycles. The van der Waals surface area contributed by atoms with Crippen molar-refractivity contribution in [2.75, 3.05) is 10.6 Å². The molecule has 2 N–H and O–H groups in total. The van der Waals surface area contributed by atoms with E-state index >= 15 is 0 Å². The standard InChI is InChI=1S/C24H19ClN4O2S2/c1-14-7-9-16(10-8-14)11-12-20(30)28-23-27-19(13-32-23)21-15(2)26-24(33-21)29-22(31)17-5-3-4-6-18(17)25/h3-13H,1-2H3,(H,26,29,31)(H,27,28,30)/b12-11+. The molecule has 0 aliphatic rings. The maximum absolute atomic E-state index is 12.5. The number of halogens is 1. The second kappa shape index (κ2) is 10.1. The van der Waals surface area contributed by atoms with Crippen molar-refractivity contribution >= 4 is 62.4 Å². The Balaban J connectivity index is 1.42. The number of hydrogen-bond acceptors (Lipinski definition) is 6. The van der Waals surface area contributed by atoms with Crippen molar-refractivity contribution < 1.29 is 9.59 Å². The summed E-state index contributed by atoms with van der Waals surface area (Å²) in [7, 11) is 0. The summed E-state index contributed by atoms with van der Waals surface area (Å²) in [6.07, 6.45) is 3.23. The lowest BCUT2D eigenvalue weighted by Crippen LogP contribution is -2.12. The molecule has 9 heteroatoms. The molecule has 6 nitrogen and oxygen atoms in total. The maximum atomic E-state index is 12.5. The highest BCUT2D eigenvalue weighted by Crippen LogP contribution is 2.34. The van der Waals surface area contributed by atoms with Gasteiger partial charge in [0, 0.05) is 11.5 Å². The minimum Gasteiger partial charge on any atom is -0.298 e. The van der Waals surface area contributed by atoms with E-state index in [1.54, 1.807) is 30.3 Å². The van der Waals surface area contributed by atoms with Gasteiger partial charge in [0.15, 0.2) is 10.3 Å². The summed E-state index contributed by atoms with van der Waals surface area (Å²) in [5.41, 5.74) is 3.91. The molecule has 2 amide bonds. The quantitative estimate of drug-likeness (QED) is 0.302. The van der Waals surface area contributed by atoms with Gasteiger partial charge in [0.1, 0.15) is 0 Å². The van der Waals surface area contributed by atoms with E-state index in [0.29, 0.717) is 26.5 Å². The van der Waals surface area contributed by atoms with E-state index in [4.69, 9.17) is 11.6 Å². The Morgan fingerprint density at radius 3 is 2.48 bits per heavy atom. The van der Waals surface area contributed by atoms with Crippen molar-refractivity contribution in [1.82, 2.24) is 9.97 Å². The van der Waals surface area contributed by atoms with Crippen LogP contribution in [0.5, 0.6) is 0 Å². The van der Waals surface area contributed by atoms with Crippen LogP contribution in [0.25, 0.3) is 16.6 Å². The molecule has 0 radical (unpaired) electrons. The van der Waals surface area contributed by atoms with Crippen LogP contribution in [0.15, 0.2) is 60.0 Å². The number of benzene rings is 2. The molecule has 2 heterocycles. The average molecular weight is 495 g/mol. The van der Waals surface area contributed by atoms with E-state index < -0.39 is 0 Å². The highest BCUT2D eigenvalue weighted by molar-refractivity contribution is 7.20. The number of rotatable bonds is 6. The number of anilines is 2. The van der Waals surface area contributed by atoms with E-state index in [1.807, 2.05) is 43.5 Å². The Morgan fingerprint density at radius 1 is 0.970 bits per heavy atom. The van der Waals surface area contributed by atoms with Crippen LogP contribution in [0, 0.1) is 13.8 Å². The van der Waals surface area contributed by atoms with Crippen LogP contribution in [0.4, 0.5) is 10.3 Å². The highest BCUT2D eigenvalue weighted by Gasteiger charge is 2.17. The van der Waals surface area contributed by atoms with Crippen molar-refractivity contribution in [1.29, 1.82) is 0 Å². The Labute approximate surface area is 204 Å². The Bertz CT molecular complexity index is 1340. The highest BCUT2D eigenvalue weighted by atomic mass is 35.5. The van der Waals surface area contributed by atoms with Gasteiger partial charge in [0.05, 0.1) is 26.9 Å². The van der Waals surface area contributed by atoms with Gasteiger partial charge < -0.3 is 0 Å². The number of aromatic nitrogens is 2. The summed E-state index contributed by atoms with van der Waals surface area (Å²) < 4.78 is 0. The van der Waals surface area contributed by atoms with Gasteiger partial charge >= 0.3 is 0 Å². The zero-order chi connectivity index (χ0) is 23.4. The monoisotopic (exact) mass is 494 g/mol. The fraction of sp³-hybridized carbons (Fsp3) is 0.0833. The molecule has 0 saturated carbocycles. The molecule has 0 atom stereocenters. The molecule has 0 unspecified atom stereocenters. The minimum atomic E-state index is -0.326. The summed E-state index contributed by atoms with van der Waals surface area (Å²) in [6, 6.07) is 14.7. The van der Waals surface area contributed by atoms with E-state index in [9.17, 15) is 9.59 Å². The number of hydrogen-bond donors (Lipinski definition) is 2. The van der Waals surface area contributed by atoms with Crippen LogP contribution in [0.1, 0.15) is 27.2 Å². The molecule has 0 aliphatic heterocycles. The van der Waals surface area contributed by atoms with E-state index in [1.165, 1.54) is 28.7 Å². The van der Waals surface area contributed by atoms with Gasteiger partial charge in [0.25, 0.3) is 5.91 Å². The molecule has 0 aliphatic carbocycles. The van der Waals surface area contributed by atoms with Crippen LogP contribution < -0.4 is 10.6 Å². The summed E-state index contributed by atoms with van der Waals surface area (Å²) in [5.74, 6) is -0.585. The lowest BCUT2D eigenvalue weighted by Gasteiger charge is -2.03. The second-order valence-electron chi connectivity index (χ2n) is 7.14. The fourth-order valence-corrected chi connectivity index (χ4v) is 4.85. The van der Waals surface area contributed by atoms with Crippen molar-refractivity contribution in [3.8, 4) is 10.6 Å². The normalized spacial score (nSPS) is 11.0. The number of nitrogens with one attached hydrogen (secondary N) is 2. The van der Waals surface area contributed by atoms with Gasteiger partial charge in [-0.05, 0) is 37.6 Å². The number of thiazole rings is 2. The molecule has 0 bridgehead atoms.